The van der Waals surface area contributed by atoms with E-state index in [1.165, 1.54) is 0 Å². The number of nitrogens with zero attached hydrogens (tertiary/aromatic N) is 3. The fraction of sp³-hybridized carbons (Fsp3) is 0.375. The minimum atomic E-state index is -0.369. The van der Waals surface area contributed by atoms with E-state index in [1.54, 1.807) is 4.90 Å². The molecule has 1 N–H and O–H groups in total. The summed E-state index contributed by atoms with van der Waals surface area (Å²) in [7, 11) is 0. The second-order valence-corrected chi connectivity index (χ2v) is 5.92. The summed E-state index contributed by atoms with van der Waals surface area (Å²) in [6.07, 6.45) is 1.01. The molecule has 2 aromatic rings. The van der Waals surface area contributed by atoms with Crippen molar-refractivity contribution < 1.29 is 14.1 Å². The van der Waals surface area contributed by atoms with Crippen LogP contribution in [0.15, 0.2) is 34.9 Å². The quantitative estimate of drug-likeness (QED) is 0.911. The molecule has 7 heteroatoms. The third-order valence-electron chi connectivity index (χ3n) is 4.31. The van der Waals surface area contributed by atoms with Gasteiger partial charge in [-0.2, -0.15) is 4.98 Å². The van der Waals surface area contributed by atoms with Crippen LogP contribution in [0.3, 0.4) is 0 Å². The number of hydrogen-bond acceptors (Lipinski definition) is 5. The number of nitrogens with one attached hydrogen (secondary N) is 1. The van der Waals surface area contributed by atoms with E-state index in [0.717, 1.165) is 5.56 Å². The van der Waals surface area contributed by atoms with Gasteiger partial charge in [-0.05, 0) is 6.42 Å². The van der Waals surface area contributed by atoms with E-state index in [0.29, 0.717) is 37.6 Å². The highest BCUT2D eigenvalue weighted by Gasteiger charge is 2.40. The predicted molar refractivity (Wildman–Crippen MR) is 80.2 cm³/mol. The molecule has 7 nitrogen and oxygen atoms in total. The molecular formula is C16H16N4O3. The topological polar surface area (TPSA) is 88.3 Å². The van der Waals surface area contributed by atoms with Gasteiger partial charge in [0.2, 0.25) is 23.5 Å². The zero-order chi connectivity index (χ0) is 15.8. The van der Waals surface area contributed by atoms with Gasteiger partial charge in [-0.3, -0.25) is 9.59 Å². The monoisotopic (exact) mass is 312 g/mol. The van der Waals surface area contributed by atoms with Gasteiger partial charge in [-0.25, -0.2) is 0 Å². The minimum absolute atomic E-state index is 0.0186. The molecule has 0 saturated carbocycles. The highest BCUT2D eigenvalue weighted by atomic mass is 16.5. The molecule has 2 saturated heterocycles. The average Bonchev–Trinajstić information content (AvgIpc) is 3.16. The molecule has 118 valence electrons. The first-order chi connectivity index (χ1) is 11.2. The van der Waals surface area contributed by atoms with Crippen LogP contribution in [0.25, 0.3) is 11.4 Å². The third-order valence-corrected chi connectivity index (χ3v) is 4.31. The second-order valence-electron chi connectivity index (χ2n) is 5.92. The fourth-order valence-corrected chi connectivity index (χ4v) is 2.94. The molecule has 2 fully saturated rings. The standard InChI is InChI=1S/C16H16N4O3/c21-13-7-6-12(17-13)16(22)20-8-11(9-20)15-18-14(19-23-15)10-4-2-1-3-5-10/h1-5,11-12H,6-9H2,(H,17,21). The number of amides is 2. The van der Waals surface area contributed by atoms with Crippen molar-refractivity contribution in [1.29, 1.82) is 0 Å². The number of likely N-dealkylation sites (tertiary alicyclic amines) is 1. The number of rotatable bonds is 3. The summed E-state index contributed by atoms with van der Waals surface area (Å²) in [6.45, 7) is 1.11. The fourth-order valence-electron chi connectivity index (χ4n) is 2.94. The van der Waals surface area contributed by atoms with E-state index < -0.39 is 0 Å². The molecule has 1 aromatic heterocycles. The molecule has 0 aliphatic carbocycles. The largest absolute Gasteiger partial charge is 0.344 e. The zero-order valence-corrected chi connectivity index (χ0v) is 12.4. The summed E-state index contributed by atoms with van der Waals surface area (Å²) in [5, 5.41) is 6.70. The number of aromatic nitrogens is 2. The second kappa shape index (κ2) is 5.49. The average molecular weight is 312 g/mol. The van der Waals surface area contributed by atoms with E-state index in [2.05, 4.69) is 15.5 Å². The summed E-state index contributed by atoms with van der Waals surface area (Å²) in [4.78, 5) is 29.6. The van der Waals surface area contributed by atoms with Crippen LogP contribution in [0.5, 0.6) is 0 Å². The van der Waals surface area contributed by atoms with Gasteiger partial charge in [-0.1, -0.05) is 35.5 Å². The van der Waals surface area contributed by atoms with E-state index in [1.807, 2.05) is 30.3 Å². The molecule has 0 bridgehead atoms. The van der Waals surface area contributed by atoms with Crippen LogP contribution in [-0.4, -0.2) is 46.0 Å². The molecule has 0 radical (unpaired) electrons. The molecule has 1 unspecified atom stereocenters. The number of carbonyl (C=O) groups excluding carboxylic acids is 2. The van der Waals surface area contributed by atoms with Gasteiger partial charge in [0.05, 0.1) is 5.92 Å². The van der Waals surface area contributed by atoms with Crippen LogP contribution in [0.4, 0.5) is 0 Å². The van der Waals surface area contributed by atoms with Crippen molar-refractivity contribution in [2.24, 2.45) is 0 Å². The third kappa shape index (κ3) is 2.58. The highest BCUT2D eigenvalue weighted by molar-refractivity contribution is 5.91. The summed E-state index contributed by atoms with van der Waals surface area (Å²) in [6, 6.07) is 9.26. The SMILES string of the molecule is O=C1CCC(C(=O)N2CC(c3nc(-c4ccccc4)no3)C2)N1. The Hall–Kier alpha value is -2.70. The van der Waals surface area contributed by atoms with Crippen molar-refractivity contribution in [2.75, 3.05) is 13.1 Å². The zero-order valence-electron chi connectivity index (χ0n) is 12.4. The van der Waals surface area contributed by atoms with Crippen LogP contribution in [0.2, 0.25) is 0 Å². The van der Waals surface area contributed by atoms with Gasteiger partial charge in [0, 0.05) is 25.1 Å². The lowest BCUT2D eigenvalue weighted by Gasteiger charge is -2.38. The summed E-state index contributed by atoms with van der Waals surface area (Å²) in [5.74, 6) is 1.12. The highest BCUT2D eigenvalue weighted by Crippen LogP contribution is 2.28. The molecule has 1 aromatic carbocycles. The number of hydrogen-bond donors (Lipinski definition) is 1. The van der Waals surface area contributed by atoms with Crippen molar-refractivity contribution in [3.63, 3.8) is 0 Å². The van der Waals surface area contributed by atoms with Crippen LogP contribution in [0, 0.1) is 0 Å². The Morgan fingerprint density at radius 3 is 2.74 bits per heavy atom. The van der Waals surface area contributed by atoms with Crippen molar-refractivity contribution in [3.8, 4) is 11.4 Å². The van der Waals surface area contributed by atoms with Crippen molar-refractivity contribution >= 4 is 11.8 Å². The molecule has 3 heterocycles. The van der Waals surface area contributed by atoms with E-state index in [-0.39, 0.29) is 23.8 Å². The minimum Gasteiger partial charge on any atom is -0.344 e. The number of benzene rings is 1. The first kappa shape index (κ1) is 13.9. The maximum Gasteiger partial charge on any atom is 0.245 e. The van der Waals surface area contributed by atoms with E-state index in [9.17, 15) is 9.59 Å². The van der Waals surface area contributed by atoms with Gasteiger partial charge in [0.1, 0.15) is 6.04 Å². The Kier molecular flexibility index (Phi) is 3.33. The van der Waals surface area contributed by atoms with Crippen molar-refractivity contribution in [1.82, 2.24) is 20.4 Å². The van der Waals surface area contributed by atoms with E-state index >= 15 is 0 Å². The molecule has 2 aliphatic heterocycles. The van der Waals surface area contributed by atoms with Crippen LogP contribution >= 0.6 is 0 Å². The Bertz CT molecular complexity index is 737. The van der Waals surface area contributed by atoms with Gasteiger partial charge < -0.3 is 14.7 Å². The van der Waals surface area contributed by atoms with Crippen molar-refractivity contribution in [3.05, 3.63) is 36.2 Å². The maximum atomic E-state index is 12.2. The lowest BCUT2D eigenvalue weighted by molar-refractivity contribution is -0.138. The normalized spacial score (nSPS) is 21.1. The van der Waals surface area contributed by atoms with E-state index in [4.69, 9.17) is 4.52 Å². The summed E-state index contributed by atoms with van der Waals surface area (Å²) in [5.41, 5.74) is 0.906. The van der Waals surface area contributed by atoms with Crippen molar-refractivity contribution in [2.45, 2.75) is 24.8 Å². The Labute approximate surface area is 132 Å². The molecule has 4 rings (SSSR count). The molecule has 2 aliphatic rings. The Morgan fingerprint density at radius 2 is 2.04 bits per heavy atom. The van der Waals surface area contributed by atoms with Crippen LogP contribution < -0.4 is 5.32 Å². The summed E-state index contributed by atoms with van der Waals surface area (Å²) >= 11 is 0. The first-order valence-electron chi connectivity index (χ1n) is 7.68. The molecular weight excluding hydrogens is 296 g/mol. The summed E-state index contributed by atoms with van der Waals surface area (Å²) < 4.78 is 5.32. The predicted octanol–water partition coefficient (Wildman–Crippen LogP) is 0.941. The molecule has 0 spiro atoms. The van der Waals surface area contributed by atoms with Gasteiger partial charge in [-0.15, -0.1) is 0 Å². The van der Waals surface area contributed by atoms with Gasteiger partial charge in [0.25, 0.3) is 0 Å². The smallest absolute Gasteiger partial charge is 0.245 e. The van der Waals surface area contributed by atoms with Crippen LogP contribution in [0.1, 0.15) is 24.7 Å². The molecule has 2 amide bonds. The molecule has 1 atom stereocenters. The van der Waals surface area contributed by atoms with Gasteiger partial charge >= 0.3 is 0 Å². The van der Waals surface area contributed by atoms with Crippen LogP contribution in [-0.2, 0) is 9.59 Å². The Balaban J connectivity index is 1.38. The van der Waals surface area contributed by atoms with Gasteiger partial charge in [0.15, 0.2) is 0 Å². The maximum absolute atomic E-state index is 12.2. The number of carbonyl (C=O) groups is 2. The first-order valence-corrected chi connectivity index (χ1v) is 7.68. The lowest BCUT2D eigenvalue weighted by Crippen LogP contribution is -2.54. The lowest BCUT2D eigenvalue weighted by atomic mass is 9.98. The molecule has 23 heavy (non-hydrogen) atoms. The Morgan fingerprint density at radius 1 is 1.26 bits per heavy atom.